The zero-order valence-electron chi connectivity index (χ0n) is 18.6. The van der Waals surface area contributed by atoms with Crippen LogP contribution in [0.15, 0.2) is 17.7 Å². The summed E-state index contributed by atoms with van der Waals surface area (Å²) in [5.41, 5.74) is -2.44. The standard InChI is InChI=1S/C24H29ClO7/c1-11-17(15(28)6-13(9-26)19(11)25)21(30)32-16-8-23(4)18-12(7-22(2,3)20(18)29)5-14(10-27)24(16,23)31/h5-6,10,12,16,18,20,26,28-29,31H,7-9H2,1-4H3/t12?,16-,18?,20-,23-,24+/m1/s1. The van der Waals surface area contributed by atoms with E-state index in [4.69, 9.17) is 16.3 Å². The Morgan fingerprint density at radius 3 is 2.56 bits per heavy atom. The second kappa shape index (κ2) is 7.29. The summed E-state index contributed by atoms with van der Waals surface area (Å²) in [4.78, 5) is 24.9. The molecule has 4 N–H and O–H groups in total. The predicted octanol–water partition coefficient (Wildman–Crippen LogP) is 2.67. The number of benzene rings is 1. The van der Waals surface area contributed by atoms with Crippen LogP contribution in [0.25, 0.3) is 0 Å². The van der Waals surface area contributed by atoms with Gasteiger partial charge in [0, 0.05) is 22.5 Å². The van der Waals surface area contributed by atoms with Crippen LogP contribution in [-0.4, -0.2) is 50.5 Å². The maximum Gasteiger partial charge on any atom is 0.342 e. The van der Waals surface area contributed by atoms with E-state index in [1.807, 2.05) is 20.8 Å². The van der Waals surface area contributed by atoms with Gasteiger partial charge < -0.3 is 25.2 Å². The second-order valence-electron chi connectivity index (χ2n) is 10.4. The van der Waals surface area contributed by atoms with Crippen LogP contribution in [0.4, 0.5) is 0 Å². The number of allylic oxidation sites excluding steroid dienone is 1. The van der Waals surface area contributed by atoms with Gasteiger partial charge in [0.2, 0.25) is 0 Å². The molecule has 174 valence electrons. The number of phenolic OH excluding ortho intramolecular Hbond substituents is 1. The maximum atomic E-state index is 13.0. The van der Waals surface area contributed by atoms with Gasteiger partial charge in [-0.1, -0.05) is 38.4 Å². The average Bonchev–Trinajstić information content (AvgIpc) is 2.95. The zero-order chi connectivity index (χ0) is 23.8. The number of aliphatic hydroxyl groups is 3. The number of aromatic hydroxyl groups is 1. The summed E-state index contributed by atoms with van der Waals surface area (Å²) in [7, 11) is 0. The number of carbonyl (C=O) groups excluding carboxylic acids is 2. The fourth-order valence-electron chi connectivity index (χ4n) is 6.41. The van der Waals surface area contributed by atoms with Gasteiger partial charge in [-0.3, -0.25) is 4.79 Å². The highest BCUT2D eigenvalue weighted by atomic mass is 35.5. The summed E-state index contributed by atoms with van der Waals surface area (Å²) >= 11 is 6.20. The van der Waals surface area contributed by atoms with Crippen LogP contribution in [0, 0.1) is 29.6 Å². The molecule has 8 heteroatoms. The molecular weight excluding hydrogens is 436 g/mol. The lowest BCUT2D eigenvalue weighted by Crippen LogP contribution is -2.74. The molecule has 3 aliphatic rings. The van der Waals surface area contributed by atoms with Gasteiger partial charge in [-0.25, -0.2) is 4.79 Å². The van der Waals surface area contributed by atoms with Gasteiger partial charge in [0.15, 0.2) is 0 Å². The SMILES string of the molecule is Cc1c(Cl)c(CO)cc(O)c1C(=O)O[C@@H]1C[C@]2(C)C3C(C=C(C=O)[C@]12O)CC(C)(C)[C@@H]3O. The Bertz CT molecular complexity index is 1030. The van der Waals surface area contributed by atoms with Gasteiger partial charge in [0.25, 0.3) is 0 Å². The number of carbonyl (C=O) groups is 2. The molecule has 7 nitrogen and oxygen atoms in total. The quantitative estimate of drug-likeness (QED) is 0.399. The Kier molecular flexibility index (Phi) is 5.29. The van der Waals surface area contributed by atoms with Crippen LogP contribution in [0.5, 0.6) is 5.75 Å². The molecule has 0 bridgehead atoms. The molecule has 3 aliphatic carbocycles. The van der Waals surface area contributed by atoms with E-state index >= 15 is 0 Å². The lowest BCUT2D eigenvalue weighted by Gasteiger charge is -2.64. The van der Waals surface area contributed by atoms with Gasteiger partial charge in [-0.05, 0) is 42.7 Å². The van der Waals surface area contributed by atoms with E-state index in [-0.39, 0.29) is 51.0 Å². The van der Waals surface area contributed by atoms with E-state index in [0.717, 1.165) is 0 Å². The first kappa shape index (κ1) is 23.2. The first-order valence-corrected chi connectivity index (χ1v) is 11.1. The molecule has 2 saturated carbocycles. The van der Waals surface area contributed by atoms with Gasteiger partial charge in [-0.15, -0.1) is 0 Å². The van der Waals surface area contributed by atoms with Crippen molar-refractivity contribution in [3.8, 4) is 5.75 Å². The zero-order valence-corrected chi connectivity index (χ0v) is 19.3. The lowest BCUT2D eigenvalue weighted by molar-refractivity contribution is -0.257. The molecule has 4 rings (SSSR count). The number of hydrogen-bond donors (Lipinski definition) is 4. The van der Waals surface area contributed by atoms with Gasteiger partial charge in [0.1, 0.15) is 29.3 Å². The van der Waals surface area contributed by atoms with Crippen molar-refractivity contribution in [1.82, 2.24) is 0 Å². The van der Waals surface area contributed by atoms with E-state index in [9.17, 15) is 30.0 Å². The van der Waals surface area contributed by atoms with Gasteiger partial charge in [-0.2, -0.15) is 0 Å². The fourth-order valence-corrected chi connectivity index (χ4v) is 6.62. The molecule has 0 spiro atoms. The molecule has 32 heavy (non-hydrogen) atoms. The number of esters is 1. The largest absolute Gasteiger partial charge is 0.507 e. The normalized spacial score (nSPS) is 37.1. The summed E-state index contributed by atoms with van der Waals surface area (Å²) < 4.78 is 5.62. The highest BCUT2D eigenvalue weighted by molar-refractivity contribution is 6.32. The Morgan fingerprint density at radius 2 is 1.97 bits per heavy atom. The topological polar surface area (TPSA) is 124 Å². The molecule has 1 aromatic rings. The van der Waals surface area contributed by atoms with E-state index in [1.54, 1.807) is 6.08 Å². The molecule has 0 heterocycles. The van der Waals surface area contributed by atoms with Crippen molar-refractivity contribution in [2.24, 2.45) is 22.7 Å². The predicted molar refractivity (Wildman–Crippen MR) is 116 cm³/mol. The van der Waals surface area contributed by atoms with Gasteiger partial charge >= 0.3 is 5.97 Å². The van der Waals surface area contributed by atoms with Crippen LogP contribution >= 0.6 is 11.6 Å². The Hall–Kier alpha value is -1.93. The minimum Gasteiger partial charge on any atom is -0.507 e. The number of aldehydes is 1. The number of fused-ring (bicyclic) bond motifs is 3. The number of halogens is 1. The average molecular weight is 465 g/mol. The van der Waals surface area contributed by atoms with Crippen LogP contribution < -0.4 is 0 Å². The molecule has 0 amide bonds. The van der Waals surface area contributed by atoms with E-state index in [2.05, 4.69) is 0 Å². The highest BCUT2D eigenvalue weighted by Crippen LogP contribution is 2.68. The van der Waals surface area contributed by atoms with Crippen LogP contribution in [-0.2, 0) is 16.1 Å². The van der Waals surface area contributed by atoms with Crippen LogP contribution in [0.1, 0.15) is 55.1 Å². The van der Waals surface area contributed by atoms with Crippen molar-refractivity contribution in [3.05, 3.63) is 39.4 Å². The van der Waals surface area contributed by atoms with Crippen molar-refractivity contribution in [3.63, 3.8) is 0 Å². The third kappa shape index (κ3) is 2.84. The van der Waals surface area contributed by atoms with E-state index < -0.39 is 41.5 Å². The number of aliphatic hydroxyl groups excluding tert-OH is 2. The minimum absolute atomic E-state index is 0.0572. The Balaban J connectivity index is 1.68. The van der Waals surface area contributed by atoms with Gasteiger partial charge in [0.05, 0.1) is 17.7 Å². The lowest BCUT2D eigenvalue weighted by atomic mass is 9.44. The summed E-state index contributed by atoms with van der Waals surface area (Å²) in [6.45, 7) is 6.88. The maximum absolute atomic E-state index is 13.0. The second-order valence-corrected chi connectivity index (χ2v) is 10.8. The molecule has 0 aromatic heterocycles. The first-order valence-electron chi connectivity index (χ1n) is 10.7. The van der Waals surface area contributed by atoms with E-state index in [0.29, 0.717) is 12.7 Å². The smallest absolute Gasteiger partial charge is 0.342 e. The number of hydrogen-bond acceptors (Lipinski definition) is 7. The molecule has 2 fully saturated rings. The summed E-state index contributed by atoms with van der Waals surface area (Å²) in [6, 6.07) is 1.20. The van der Waals surface area contributed by atoms with Crippen molar-refractivity contribution >= 4 is 23.9 Å². The number of ether oxygens (including phenoxy) is 1. The monoisotopic (exact) mass is 464 g/mol. The summed E-state index contributed by atoms with van der Waals surface area (Å²) in [5, 5.41) is 42.5. The number of phenols is 1. The molecule has 0 saturated heterocycles. The fraction of sp³-hybridized carbons (Fsp3) is 0.583. The highest BCUT2D eigenvalue weighted by Gasteiger charge is 2.74. The Labute approximate surface area is 191 Å². The molecule has 6 atom stereocenters. The molecule has 1 aromatic carbocycles. The van der Waals surface area contributed by atoms with Crippen molar-refractivity contribution in [2.75, 3.05) is 0 Å². The summed E-state index contributed by atoms with van der Waals surface area (Å²) in [5.74, 6) is -1.61. The third-order valence-corrected chi connectivity index (χ3v) is 8.71. The molecular formula is C24H29ClO7. The molecule has 0 radical (unpaired) electrons. The van der Waals surface area contributed by atoms with E-state index in [1.165, 1.54) is 13.0 Å². The van der Waals surface area contributed by atoms with Crippen molar-refractivity contribution < 1.29 is 34.8 Å². The van der Waals surface area contributed by atoms with Crippen molar-refractivity contribution in [1.29, 1.82) is 0 Å². The van der Waals surface area contributed by atoms with Crippen LogP contribution in [0.2, 0.25) is 5.02 Å². The molecule has 2 unspecified atom stereocenters. The van der Waals surface area contributed by atoms with Crippen LogP contribution in [0.3, 0.4) is 0 Å². The summed E-state index contributed by atoms with van der Waals surface area (Å²) in [6.07, 6.45) is 1.56. The first-order chi connectivity index (χ1) is 14.8. The molecule has 0 aliphatic heterocycles. The minimum atomic E-state index is -1.74. The Morgan fingerprint density at radius 1 is 1.31 bits per heavy atom. The third-order valence-electron chi connectivity index (χ3n) is 8.18. The number of rotatable bonds is 4. The van der Waals surface area contributed by atoms with Crippen molar-refractivity contribution in [2.45, 2.75) is 65.0 Å².